The third kappa shape index (κ3) is 5.20. The van der Waals surface area contributed by atoms with Crippen molar-refractivity contribution in [1.29, 1.82) is 0 Å². The van der Waals surface area contributed by atoms with Gasteiger partial charge in [0.15, 0.2) is 0 Å². The molecule has 2 rings (SSSR count). The fourth-order valence-corrected chi connectivity index (χ4v) is 2.95. The number of hydrogen-bond donors (Lipinski definition) is 2. The van der Waals surface area contributed by atoms with Crippen LogP contribution < -0.4 is 11.1 Å². The molecule has 0 atom stereocenters. The summed E-state index contributed by atoms with van der Waals surface area (Å²) >= 11 is 0. The van der Waals surface area contributed by atoms with Crippen molar-refractivity contribution in [3.05, 3.63) is 0 Å². The van der Waals surface area contributed by atoms with E-state index in [4.69, 9.17) is 15.2 Å². The number of nitrogens with one attached hydrogen (secondary N) is 1. The maximum absolute atomic E-state index is 11.9. The molecule has 1 amide bonds. The second kappa shape index (κ2) is 8.82. The summed E-state index contributed by atoms with van der Waals surface area (Å²) in [5.74, 6) is 0.0689. The number of carbonyl (C=O) groups excluding carboxylic acids is 1. The minimum atomic E-state index is -0.143. The normalized spacial score (nSPS) is 22.2. The van der Waals surface area contributed by atoms with E-state index < -0.39 is 0 Å². The first-order valence-corrected chi connectivity index (χ1v) is 7.44. The summed E-state index contributed by atoms with van der Waals surface area (Å²) in [6.45, 7) is 2.58. The number of halogens is 1. The summed E-state index contributed by atoms with van der Waals surface area (Å²) in [5.41, 5.74) is 5.66. The summed E-state index contributed by atoms with van der Waals surface area (Å²) in [7, 11) is 0. The molecular weight excluding hydrogens is 280 g/mol. The van der Waals surface area contributed by atoms with Gasteiger partial charge in [0.05, 0.1) is 18.2 Å². The summed E-state index contributed by atoms with van der Waals surface area (Å²) < 4.78 is 11.0. The Morgan fingerprint density at radius 1 is 1.30 bits per heavy atom. The summed E-state index contributed by atoms with van der Waals surface area (Å²) in [5, 5.41) is 3.11. The lowest BCUT2D eigenvalue weighted by atomic mass is 9.97. The van der Waals surface area contributed by atoms with Gasteiger partial charge in [-0.3, -0.25) is 4.79 Å². The van der Waals surface area contributed by atoms with Gasteiger partial charge in [-0.25, -0.2) is 0 Å². The molecule has 0 bridgehead atoms. The monoisotopic (exact) mass is 306 g/mol. The lowest BCUT2D eigenvalue weighted by Crippen LogP contribution is -2.51. The van der Waals surface area contributed by atoms with Crippen LogP contribution in [0.15, 0.2) is 0 Å². The van der Waals surface area contributed by atoms with Crippen LogP contribution >= 0.6 is 12.4 Å². The number of nitrogens with two attached hydrogens (primary N) is 1. The van der Waals surface area contributed by atoms with Crippen LogP contribution in [0.5, 0.6) is 0 Å². The van der Waals surface area contributed by atoms with Gasteiger partial charge in [-0.05, 0) is 25.7 Å². The molecule has 0 radical (unpaired) electrons. The van der Waals surface area contributed by atoms with Crippen molar-refractivity contribution in [1.82, 2.24) is 5.32 Å². The van der Waals surface area contributed by atoms with Crippen molar-refractivity contribution in [2.75, 3.05) is 26.4 Å². The molecule has 1 saturated heterocycles. The fraction of sp³-hybridized carbons (Fsp3) is 0.929. The van der Waals surface area contributed by atoms with Crippen LogP contribution in [0.25, 0.3) is 0 Å². The topological polar surface area (TPSA) is 73.6 Å². The SMILES string of the molecule is Cl.NCC1(NC(=O)CCOC2CCOCC2)CCCC1. The number of hydrogen-bond acceptors (Lipinski definition) is 4. The first-order chi connectivity index (χ1) is 9.24. The van der Waals surface area contributed by atoms with Crippen LogP contribution in [0, 0.1) is 0 Å². The average molecular weight is 307 g/mol. The molecule has 2 fully saturated rings. The van der Waals surface area contributed by atoms with Crippen LogP contribution in [-0.2, 0) is 14.3 Å². The second-order valence-corrected chi connectivity index (χ2v) is 5.67. The van der Waals surface area contributed by atoms with Crippen molar-refractivity contribution in [2.45, 2.75) is 56.6 Å². The van der Waals surface area contributed by atoms with Gasteiger partial charge in [0.2, 0.25) is 5.91 Å². The minimum absolute atomic E-state index is 0. The molecule has 0 spiro atoms. The molecule has 5 nitrogen and oxygen atoms in total. The van der Waals surface area contributed by atoms with E-state index in [1.54, 1.807) is 0 Å². The van der Waals surface area contributed by atoms with E-state index in [9.17, 15) is 4.79 Å². The standard InChI is InChI=1S/C14H26N2O3.ClH/c15-11-14(6-1-2-7-14)16-13(17)5-10-19-12-3-8-18-9-4-12;/h12H,1-11,15H2,(H,16,17);1H. The van der Waals surface area contributed by atoms with E-state index in [0.29, 0.717) is 19.6 Å². The average Bonchev–Trinajstić information content (AvgIpc) is 2.89. The molecule has 0 unspecified atom stereocenters. The van der Waals surface area contributed by atoms with E-state index in [-0.39, 0.29) is 30.0 Å². The Hall–Kier alpha value is -0.360. The molecule has 2 aliphatic rings. The van der Waals surface area contributed by atoms with Gasteiger partial charge < -0.3 is 20.5 Å². The summed E-state index contributed by atoms with van der Waals surface area (Å²) in [6.07, 6.45) is 6.91. The molecule has 1 aliphatic carbocycles. The predicted molar refractivity (Wildman–Crippen MR) is 80.1 cm³/mol. The van der Waals surface area contributed by atoms with Gasteiger partial charge in [0, 0.05) is 26.2 Å². The van der Waals surface area contributed by atoms with Gasteiger partial charge in [0.1, 0.15) is 0 Å². The van der Waals surface area contributed by atoms with Crippen LogP contribution in [0.2, 0.25) is 0 Å². The number of ether oxygens (including phenoxy) is 2. The molecule has 118 valence electrons. The first-order valence-electron chi connectivity index (χ1n) is 7.44. The highest BCUT2D eigenvalue weighted by Crippen LogP contribution is 2.28. The zero-order valence-corrected chi connectivity index (χ0v) is 12.9. The van der Waals surface area contributed by atoms with Gasteiger partial charge in [-0.15, -0.1) is 12.4 Å². The maximum atomic E-state index is 11.9. The van der Waals surface area contributed by atoms with Gasteiger partial charge in [-0.1, -0.05) is 12.8 Å². The first kappa shape index (κ1) is 17.7. The van der Waals surface area contributed by atoms with Gasteiger partial charge >= 0.3 is 0 Å². The predicted octanol–water partition coefficient (Wildman–Crippen LogP) is 1.38. The minimum Gasteiger partial charge on any atom is -0.381 e. The summed E-state index contributed by atoms with van der Waals surface area (Å²) in [4.78, 5) is 11.9. The molecular formula is C14H27ClN2O3. The number of carbonyl (C=O) groups is 1. The quantitative estimate of drug-likeness (QED) is 0.777. The van der Waals surface area contributed by atoms with Gasteiger partial charge in [0.25, 0.3) is 0 Å². The lowest BCUT2D eigenvalue weighted by molar-refractivity contribution is -0.125. The molecule has 1 aliphatic heterocycles. The molecule has 20 heavy (non-hydrogen) atoms. The summed E-state index contributed by atoms with van der Waals surface area (Å²) in [6, 6.07) is 0. The van der Waals surface area contributed by atoms with E-state index in [2.05, 4.69) is 5.32 Å². The molecule has 1 heterocycles. The second-order valence-electron chi connectivity index (χ2n) is 5.67. The molecule has 0 aromatic carbocycles. The van der Waals surface area contributed by atoms with Crippen LogP contribution in [-0.4, -0.2) is 43.9 Å². The Bertz CT molecular complexity index is 290. The molecule has 3 N–H and O–H groups in total. The highest BCUT2D eigenvalue weighted by molar-refractivity contribution is 5.85. The van der Waals surface area contributed by atoms with Gasteiger partial charge in [-0.2, -0.15) is 0 Å². The molecule has 0 aromatic heterocycles. The smallest absolute Gasteiger partial charge is 0.222 e. The zero-order chi connectivity index (χ0) is 13.6. The zero-order valence-electron chi connectivity index (χ0n) is 12.1. The Morgan fingerprint density at radius 3 is 2.55 bits per heavy atom. The number of amides is 1. The Labute approximate surface area is 127 Å². The lowest BCUT2D eigenvalue weighted by Gasteiger charge is -2.29. The van der Waals surface area contributed by atoms with E-state index in [1.807, 2.05) is 0 Å². The Kier molecular flexibility index (Phi) is 7.80. The molecule has 6 heteroatoms. The van der Waals surface area contributed by atoms with Crippen LogP contribution in [0.4, 0.5) is 0 Å². The number of rotatable bonds is 6. The Balaban J connectivity index is 0.00000200. The third-order valence-electron chi connectivity index (χ3n) is 4.21. The van der Waals surface area contributed by atoms with Crippen molar-refractivity contribution in [3.8, 4) is 0 Å². The van der Waals surface area contributed by atoms with Crippen molar-refractivity contribution < 1.29 is 14.3 Å². The molecule has 1 saturated carbocycles. The third-order valence-corrected chi connectivity index (χ3v) is 4.21. The van der Waals surface area contributed by atoms with Crippen molar-refractivity contribution in [2.24, 2.45) is 5.73 Å². The van der Waals surface area contributed by atoms with Crippen LogP contribution in [0.1, 0.15) is 44.9 Å². The van der Waals surface area contributed by atoms with Crippen molar-refractivity contribution >= 4 is 18.3 Å². The highest BCUT2D eigenvalue weighted by Gasteiger charge is 2.33. The Morgan fingerprint density at radius 2 is 1.95 bits per heavy atom. The largest absolute Gasteiger partial charge is 0.381 e. The fourth-order valence-electron chi connectivity index (χ4n) is 2.95. The van der Waals surface area contributed by atoms with Crippen LogP contribution in [0.3, 0.4) is 0 Å². The molecule has 0 aromatic rings. The van der Waals surface area contributed by atoms with E-state index >= 15 is 0 Å². The van der Waals surface area contributed by atoms with E-state index in [1.165, 1.54) is 0 Å². The highest BCUT2D eigenvalue weighted by atomic mass is 35.5. The maximum Gasteiger partial charge on any atom is 0.222 e. The van der Waals surface area contributed by atoms with E-state index in [0.717, 1.165) is 51.7 Å². The van der Waals surface area contributed by atoms with Crippen molar-refractivity contribution in [3.63, 3.8) is 0 Å².